The maximum Gasteiger partial charge on any atom is 0.216 e. The number of nitrogens with zero attached hydrogens (tertiary/aromatic N) is 5. The van der Waals surface area contributed by atoms with Gasteiger partial charge >= 0.3 is 0 Å². The predicted octanol–water partition coefficient (Wildman–Crippen LogP) is 3.37. The summed E-state index contributed by atoms with van der Waals surface area (Å²) in [7, 11) is 0. The van der Waals surface area contributed by atoms with Crippen molar-refractivity contribution in [2.24, 2.45) is 5.10 Å². The molecule has 0 aliphatic rings. The Hall–Kier alpha value is -2.74. The largest absolute Gasteiger partial charge is 0.372 e. The Morgan fingerprint density at radius 3 is 2.48 bits per heavy atom. The molecule has 3 aromatic rings. The smallest absolute Gasteiger partial charge is 0.216 e. The van der Waals surface area contributed by atoms with E-state index in [0.29, 0.717) is 16.3 Å². The molecule has 8 heteroatoms. The van der Waals surface area contributed by atoms with Crippen LogP contribution < -0.4 is 4.90 Å². The molecule has 7 nitrogen and oxygen atoms in total. The molecule has 0 atom stereocenters. The van der Waals surface area contributed by atoms with Gasteiger partial charge in [-0.3, -0.25) is 5.10 Å². The average molecular weight is 355 g/mol. The van der Waals surface area contributed by atoms with E-state index in [1.54, 1.807) is 10.9 Å². The number of aryl methyl sites for hydroxylation is 1. The van der Waals surface area contributed by atoms with Gasteiger partial charge in [0.15, 0.2) is 0 Å². The number of aromatic amines is 2. The molecular weight excluding hydrogens is 334 g/mol. The Labute approximate surface area is 151 Å². The van der Waals surface area contributed by atoms with Crippen molar-refractivity contribution in [3.8, 4) is 11.5 Å². The van der Waals surface area contributed by atoms with Crippen LogP contribution in [0.5, 0.6) is 0 Å². The Morgan fingerprint density at radius 1 is 1.16 bits per heavy atom. The minimum atomic E-state index is 0.423. The number of nitrogens with one attached hydrogen (secondary N) is 2. The lowest BCUT2D eigenvalue weighted by molar-refractivity contribution is 0.863. The van der Waals surface area contributed by atoms with Crippen LogP contribution in [-0.4, -0.2) is 44.4 Å². The van der Waals surface area contributed by atoms with E-state index in [2.05, 4.69) is 56.4 Å². The highest BCUT2D eigenvalue weighted by molar-refractivity contribution is 7.71. The number of hydrogen-bond donors (Lipinski definition) is 2. The molecule has 3 rings (SSSR count). The summed E-state index contributed by atoms with van der Waals surface area (Å²) in [4.78, 5) is 2.30. The molecule has 0 saturated carbocycles. The van der Waals surface area contributed by atoms with Gasteiger partial charge in [-0.15, -0.1) is 0 Å². The van der Waals surface area contributed by atoms with Gasteiger partial charge in [0.1, 0.15) is 5.69 Å². The Kier molecular flexibility index (Phi) is 5.08. The second-order valence-electron chi connectivity index (χ2n) is 5.61. The molecule has 0 saturated heterocycles. The number of benzene rings is 1. The van der Waals surface area contributed by atoms with Gasteiger partial charge in [0, 0.05) is 24.5 Å². The highest BCUT2D eigenvalue weighted by atomic mass is 32.1. The van der Waals surface area contributed by atoms with E-state index >= 15 is 0 Å². The van der Waals surface area contributed by atoms with Gasteiger partial charge in [0.2, 0.25) is 10.6 Å². The first-order valence-electron chi connectivity index (χ1n) is 8.21. The lowest BCUT2D eigenvalue weighted by Crippen LogP contribution is -2.21. The molecule has 0 unspecified atom stereocenters. The molecule has 0 aliphatic heterocycles. The molecule has 0 radical (unpaired) electrons. The molecular formula is C17H21N7S. The lowest BCUT2D eigenvalue weighted by Gasteiger charge is -2.20. The highest BCUT2D eigenvalue weighted by Gasteiger charge is 2.11. The molecule has 0 aliphatic carbocycles. The van der Waals surface area contributed by atoms with Crippen LogP contribution in [0.25, 0.3) is 11.5 Å². The van der Waals surface area contributed by atoms with Crippen molar-refractivity contribution in [1.29, 1.82) is 0 Å². The summed E-state index contributed by atoms with van der Waals surface area (Å²) in [5.74, 6) is 0.574. The standard InChI is InChI=1S/C17H21N7S/c1-4-23(5-2)14-8-6-13(7-9-14)11-18-24-16(21-22-17(24)25)15-10-12(3)19-20-15/h6-11H,4-5H2,1-3H3,(H,19,20)(H,22,25)/b18-11+. The normalized spacial score (nSPS) is 11.3. The van der Waals surface area contributed by atoms with Crippen molar-refractivity contribution in [2.45, 2.75) is 20.8 Å². The molecule has 2 N–H and O–H groups in total. The number of hydrogen-bond acceptors (Lipinski definition) is 5. The number of rotatable bonds is 6. The van der Waals surface area contributed by atoms with Crippen molar-refractivity contribution >= 4 is 24.1 Å². The first kappa shape index (κ1) is 17.1. The van der Waals surface area contributed by atoms with E-state index in [9.17, 15) is 0 Å². The highest BCUT2D eigenvalue weighted by Crippen LogP contribution is 2.16. The number of anilines is 1. The zero-order valence-corrected chi connectivity index (χ0v) is 15.3. The van der Waals surface area contributed by atoms with Gasteiger partial charge in [-0.2, -0.15) is 20.0 Å². The van der Waals surface area contributed by atoms with Gasteiger partial charge in [0.05, 0.1) is 6.21 Å². The SMILES string of the molecule is CCN(CC)c1ccc(/C=N/n2c(-c3cc(C)[nH]n3)n[nH]c2=S)cc1. The summed E-state index contributed by atoms with van der Waals surface area (Å²) in [5, 5.41) is 18.5. The molecule has 2 aromatic heterocycles. The summed E-state index contributed by atoms with van der Waals surface area (Å²) < 4.78 is 2.00. The van der Waals surface area contributed by atoms with Gasteiger partial charge in [-0.1, -0.05) is 12.1 Å². The van der Waals surface area contributed by atoms with Gasteiger partial charge in [0.25, 0.3) is 0 Å². The summed E-state index contributed by atoms with van der Waals surface area (Å²) in [6, 6.07) is 10.2. The van der Waals surface area contributed by atoms with E-state index in [1.165, 1.54) is 5.69 Å². The molecule has 25 heavy (non-hydrogen) atoms. The van der Waals surface area contributed by atoms with Crippen LogP contribution in [0, 0.1) is 11.7 Å². The predicted molar refractivity (Wildman–Crippen MR) is 103 cm³/mol. The van der Waals surface area contributed by atoms with Crippen molar-refractivity contribution < 1.29 is 0 Å². The topological polar surface area (TPSA) is 77.9 Å². The summed E-state index contributed by atoms with van der Waals surface area (Å²) in [6.45, 7) is 8.21. The Balaban J connectivity index is 1.85. The van der Waals surface area contributed by atoms with Crippen LogP contribution in [0.1, 0.15) is 25.1 Å². The molecule has 0 fully saturated rings. The minimum absolute atomic E-state index is 0.423. The van der Waals surface area contributed by atoms with Gasteiger partial charge in [-0.25, -0.2) is 5.10 Å². The van der Waals surface area contributed by atoms with Crippen LogP contribution >= 0.6 is 12.2 Å². The molecule has 0 bridgehead atoms. The molecule has 130 valence electrons. The Bertz CT molecular complexity index is 913. The van der Waals surface area contributed by atoms with Crippen molar-refractivity contribution in [3.63, 3.8) is 0 Å². The minimum Gasteiger partial charge on any atom is -0.372 e. The quantitative estimate of drug-likeness (QED) is 0.525. The van der Waals surface area contributed by atoms with Crippen LogP contribution in [0.2, 0.25) is 0 Å². The van der Waals surface area contributed by atoms with Gasteiger partial charge in [-0.05, 0) is 56.8 Å². The third-order valence-corrected chi connectivity index (χ3v) is 4.19. The van der Waals surface area contributed by atoms with E-state index in [-0.39, 0.29) is 0 Å². The molecule has 0 spiro atoms. The zero-order chi connectivity index (χ0) is 17.8. The fourth-order valence-corrected chi connectivity index (χ4v) is 2.76. The molecule has 0 amide bonds. The Morgan fingerprint density at radius 2 is 1.88 bits per heavy atom. The third kappa shape index (κ3) is 3.69. The van der Waals surface area contributed by atoms with Crippen molar-refractivity contribution in [1.82, 2.24) is 25.1 Å². The number of H-pyrrole nitrogens is 2. The van der Waals surface area contributed by atoms with E-state index in [0.717, 1.165) is 24.3 Å². The van der Waals surface area contributed by atoms with Crippen LogP contribution in [0.4, 0.5) is 5.69 Å². The second kappa shape index (κ2) is 7.43. The van der Waals surface area contributed by atoms with Gasteiger partial charge < -0.3 is 4.90 Å². The van der Waals surface area contributed by atoms with Crippen molar-refractivity contribution in [3.05, 3.63) is 46.4 Å². The molecule has 2 heterocycles. The monoisotopic (exact) mass is 355 g/mol. The van der Waals surface area contributed by atoms with E-state index < -0.39 is 0 Å². The van der Waals surface area contributed by atoms with Crippen molar-refractivity contribution in [2.75, 3.05) is 18.0 Å². The summed E-state index contributed by atoms with van der Waals surface area (Å²) in [6.07, 6.45) is 1.76. The average Bonchev–Trinajstić information content (AvgIpc) is 3.21. The fourth-order valence-electron chi connectivity index (χ4n) is 2.58. The zero-order valence-electron chi connectivity index (χ0n) is 14.5. The van der Waals surface area contributed by atoms with E-state index in [1.807, 2.05) is 25.1 Å². The maximum atomic E-state index is 5.27. The first-order chi connectivity index (χ1) is 12.1. The third-order valence-electron chi connectivity index (χ3n) is 3.93. The second-order valence-corrected chi connectivity index (χ2v) is 6.00. The van der Waals surface area contributed by atoms with E-state index in [4.69, 9.17) is 12.2 Å². The van der Waals surface area contributed by atoms with Crippen LogP contribution in [0.3, 0.4) is 0 Å². The van der Waals surface area contributed by atoms with Crippen LogP contribution in [-0.2, 0) is 0 Å². The summed E-state index contributed by atoms with van der Waals surface area (Å²) in [5.41, 5.74) is 3.84. The molecule has 1 aromatic carbocycles. The van der Waals surface area contributed by atoms with Crippen LogP contribution in [0.15, 0.2) is 35.4 Å². The lowest BCUT2D eigenvalue weighted by atomic mass is 10.2. The first-order valence-corrected chi connectivity index (χ1v) is 8.62. The summed E-state index contributed by atoms with van der Waals surface area (Å²) >= 11 is 5.27. The number of aromatic nitrogens is 5. The maximum absolute atomic E-state index is 5.27. The fraction of sp³-hybridized carbons (Fsp3) is 0.294.